The lowest BCUT2D eigenvalue weighted by molar-refractivity contribution is -0.384. The third-order valence-corrected chi connectivity index (χ3v) is 3.32. The summed E-state index contributed by atoms with van der Waals surface area (Å²) in [4.78, 5) is 22.3. The Kier molecular flexibility index (Phi) is 5.91. The van der Waals surface area contributed by atoms with Crippen LogP contribution in [0.5, 0.6) is 0 Å². The van der Waals surface area contributed by atoms with Crippen LogP contribution in [0.15, 0.2) is 24.3 Å². The number of rotatable bonds is 3. The van der Waals surface area contributed by atoms with Crippen molar-refractivity contribution in [3.05, 3.63) is 34.4 Å². The molecule has 6 nitrogen and oxygen atoms in total. The van der Waals surface area contributed by atoms with Crippen LogP contribution in [0, 0.1) is 16.0 Å². The zero-order valence-corrected chi connectivity index (χ0v) is 12.0. The van der Waals surface area contributed by atoms with Crippen molar-refractivity contribution in [2.45, 2.75) is 25.8 Å². The molecule has 0 spiro atoms. The van der Waals surface area contributed by atoms with Gasteiger partial charge in [0.05, 0.1) is 4.92 Å². The van der Waals surface area contributed by atoms with E-state index >= 15 is 0 Å². The van der Waals surface area contributed by atoms with Crippen molar-refractivity contribution in [3.8, 4) is 0 Å². The van der Waals surface area contributed by atoms with Gasteiger partial charge in [0.25, 0.3) is 5.69 Å². The van der Waals surface area contributed by atoms with Gasteiger partial charge >= 0.3 is 0 Å². The Labute approximate surface area is 123 Å². The number of nitrogens with one attached hydrogen (secondary N) is 2. The van der Waals surface area contributed by atoms with E-state index in [9.17, 15) is 14.9 Å². The maximum atomic E-state index is 12.1. The van der Waals surface area contributed by atoms with Crippen LogP contribution in [0.1, 0.15) is 19.8 Å². The molecule has 2 N–H and O–H groups in total. The predicted molar refractivity (Wildman–Crippen MR) is 79.2 cm³/mol. The first kappa shape index (κ1) is 16.4. The number of carbonyl (C=O) groups excluding carboxylic acids is 1. The highest BCUT2D eigenvalue weighted by atomic mass is 35.5. The molecule has 1 aliphatic rings. The predicted octanol–water partition coefficient (Wildman–Crippen LogP) is 2.34. The number of amides is 1. The summed E-state index contributed by atoms with van der Waals surface area (Å²) in [6.45, 7) is 2.88. The highest BCUT2D eigenvalue weighted by Crippen LogP contribution is 2.21. The third kappa shape index (κ3) is 4.18. The molecule has 1 heterocycles. The summed E-state index contributed by atoms with van der Waals surface area (Å²) in [5.74, 6) is -0.0932. The highest BCUT2D eigenvalue weighted by Gasteiger charge is 2.24. The molecule has 20 heavy (non-hydrogen) atoms. The van der Waals surface area contributed by atoms with Crippen LogP contribution >= 0.6 is 12.4 Å². The van der Waals surface area contributed by atoms with E-state index in [1.807, 2.05) is 6.92 Å². The van der Waals surface area contributed by atoms with Crippen molar-refractivity contribution < 1.29 is 9.72 Å². The van der Waals surface area contributed by atoms with Crippen molar-refractivity contribution in [2.24, 2.45) is 5.92 Å². The van der Waals surface area contributed by atoms with Crippen LogP contribution in [0.4, 0.5) is 11.4 Å². The molecular weight excluding hydrogens is 282 g/mol. The number of hydrogen-bond acceptors (Lipinski definition) is 4. The van der Waals surface area contributed by atoms with E-state index in [0.29, 0.717) is 11.7 Å². The molecule has 1 aromatic carbocycles. The molecule has 110 valence electrons. The minimum Gasteiger partial charge on any atom is -0.326 e. The molecule has 7 heteroatoms. The number of piperidine rings is 1. The van der Waals surface area contributed by atoms with Gasteiger partial charge in [-0.3, -0.25) is 14.9 Å². The van der Waals surface area contributed by atoms with Gasteiger partial charge in [0.2, 0.25) is 5.91 Å². The van der Waals surface area contributed by atoms with E-state index in [4.69, 9.17) is 0 Å². The summed E-state index contributed by atoms with van der Waals surface area (Å²) in [5, 5.41) is 16.7. The van der Waals surface area contributed by atoms with Gasteiger partial charge in [-0.1, -0.05) is 6.07 Å². The molecule has 0 radical (unpaired) electrons. The maximum absolute atomic E-state index is 12.1. The van der Waals surface area contributed by atoms with Gasteiger partial charge in [0, 0.05) is 29.8 Å². The zero-order valence-electron chi connectivity index (χ0n) is 11.2. The molecule has 0 aliphatic carbocycles. The summed E-state index contributed by atoms with van der Waals surface area (Å²) < 4.78 is 0. The maximum Gasteiger partial charge on any atom is 0.271 e. The van der Waals surface area contributed by atoms with Gasteiger partial charge in [0.1, 0.15) is 0 Å². The van der Waals surface area contributed by atoms with Crippen molar-refractivity contribution >= 4 is 29.7 Å². The third-order valence-electron chi connectivity index (χ3n) is 3.32. The Balaban J connectivity index is 0.00000200. The van der Waals surface area contributed by atoms with Gasteiger partial charge in [-0.15, -0.1) is 12.4 Å². The lowest BCUT2D eigenvalue weighted by atomic mass is 9.92. The first-order valence-electron chi connectivity index (χ1n) is 6.35. The Morgan fingerprint density at radius 2 is 2.25 bits per heavy atom. The molecule has 0 unspecified atom stereocenters. The number of halogens is 1. The lowest BCUT2D eigenvalue weighted by Crippen LogP contribution is -2.40. The molecule has 0 aromatic heterocycles. The Bertz CT molecular complexity index is 496. The summed E-state index contributed by atoms with van der Waals surface area (Å²) in [7, 11) is 0. The van der Waals surface area contributed by atoms with Crippen molar-refractivity contribution in [3.63, 3.8) is 0 Å². The van der Waals surface area contributed by atoms with E-state index in [1.54, 1.807) is 12.1 Å². The summed E-state index contributed by atoms with van der Waals surface area (Å²) in [5.41, 5.74) is 0.460. The minimum absolute atomic E-state index is 0. The number of non-ortho nitro benzene ring substituents is 1. The van der Waals surface area contributed by atoms with Gasteiger partial charge in [-0.25, -0.2) is 0 Å². The van der Waals surface area contributed by atoms with Crippen LogP contribution in [-0.4, -0.2) is 23.4 Å². The molecular formula is C13H18ClN3O3. The fourth-order valence-corrected chi connectivity index (χ4v) is 2.31. The van der Waals surface area contributed by atoms with Crippen LogP contribution in [0.3, 0.4) is 0 Å². The quantitative estimate of drug-likeness (QED) is 0.663. The first-order valence-corrected chi connectivity index (χ1v) is 6.35. The summed E-state index contributed by atoms with van der Waals surface area (Å²) >= 11 is 0. The van der Waals surface area contributed by atoms with E-state index in [2.05, 4.69) is 10.6 Å². The number of anilines is 1. The number of hydrogen-bond donors (Lipinski definition) is 2. The topological polar surface area (TPSA) is 84.3 Å². The van der Waals surface area contributed by atoms with Crippen LogP contribution < -0.4 is 10.6 Å². The molecule has 0 bridgehead atoms. The summed E-state index contributed by atoms with van der Waals surface area (Å²) in [6.07, 6.45) is 1.59. The SMILES string of the molecule is C[C@H]1C[C@@H](C(=O)Nc2cccc([N+](=O)[O-])c2)CCN1.Cl. The monoisotopic (exact) mass is 299 g/mol. The molecule has 2 atom stereocenters. The minimum atomic E-state index is -0.470. The molecule has 1 aromatic rings. The van der Waals surface area contributed by atoms with E-state index in [1.165, 1.54) is 12.1 Å². The number of benzene rings is 1. The highest BCUT2D eigenvalue weighted by molar-refractivity contribution is 5.92. The van der Waals surface area contributed by atoms with Gasteiger partial charge in [-0.05, 0) is 32.4 Å². The van der Waals surface area contributed by atoms with Crippen LogP contribution in [0.2, 0.25) is 0 Å². The van der Waals surface area contributed by atoms with E-state index in [-0.39, 0.29) is 29.9 Å². The second-order valence-corrected chi connectivity index (χ2v) is 4.87. The fraction of sp³-hybridized carbons (Fsp3) is 0.462. The van der Waals surface area contributed by atoms with Gasteiger partial charge in [-0.2, -0.15) is 0 Å². The van der Waals surface area contributed by atoms with E-state index in [0.717, 1.165) is 19.4 Å². The molecule has 1 amide bonds. The molecule has 0 saturated carbocycles. The Hall–Kier alpha value is -1.66. The second kappa shape index (κ2) is 7.21. The smallest absolute Gasteiger partial charge is 0.271 e. The van der Waals surface area contributed by atoms with Crippen molar-refractivity contribution in [1.29, 1.82) is 0 Å². The van der Waals surface area contributed by atoms with Crippen LogP contribution in [0.25, 0.3) is 0 Å². The van der Waals surface area contributed by atoms with Crippen LogP contribution in [-0.2, 0) is 4.79 Å². The molecule has 1 aliphatic heterocycles. The first-order chi connectivity index (χ1) is 9.06. The zero-order chi connectivity index (χ0) is 13.8. The Morgan fingerprint density at radius 3 is 2.90 bits per heavy atom. The Morgan fingerprint density at radius 1 is 1.50 bits per heavy atom. The summed E-state index contributed by atoms with van der Waals surface area (Å²) in [6, 6.07) is 6.34. The van der Waals surface area contributed by atoms with E-state index < -0.39 is 4.92 Å². The number of nitrogens with zero attached hydrogens (tertiary/aromatic N) is 1. The average Bonchev–Trinajstić information content (AvgIpc) is 2.39. The van der Waals surface area contributed by atoms with Gasteiger partial charge in [0.15, 0.2) is 0 Å². The second-order valence-electron chi connectivity index (χ2n) is 4.87. The lowest BCUT2D eigenvalue weighted by Gasteiger charge is -2.27. The van der Waals surface area contributed by atoms with Gasteiger partial charge < -0.3 is 10.6 Å². The number of nitro benzene ring substituents is 1. The normalized spacial score (nSPS) is 21.6. The molecule has 2 rings (SSSR count). The largest absolute Gasteiger partial charge is 0.326 e. The molecule has 1 fully saturated rings. The van der Waals surface area contributed by atoms with Crippen molar-refractivity contribution in [1.82, 2.24) is 5.32 Å². The van der Waals surface area contributed by atoms with Crippen molar-refractivity contribution in [2.75, 3.05) is 11.9 Å². The standard InChI is InChI=1S/C13H17N3O3.ClH/c1-9-7-10(5-6-14-9)13(17)15-11-3-2-4-12(8-11)16(18)19;/h2-4,8-10,14H,5-7H2,1H3,(H,15,17);1H/t9-,10-;/m0./s1. The fourth-order valence-electron chi connectivity index (χ4n) is 2.31. The number of nitro groups is 1. The molecule has 1 saturated heterocycles. The average molecular weight is 300 g/mol. The number of carbonyl (C=O) groups is 1.